The van der Waals surface area contributed by atoms with Crippen LogP contribution in [-0.4, -0.2) is 71.2 Å². The first-order chi connectivity index (χ1) is 13.8. The SMILES string of the molecule is CCc1nn(C)c(NC(=O)C2CCN(C3CCS(=O)(=O)C3)CC2)c1CC.O=CO. The lowest BCUT2D eigenvalue weighted by Crippen LogP contribution is -2.44. The fourth-order valence-electron chi connectivity index (χ4n) is 4.24. The molecule has 164 valence electrons. The van der Waals surface area contributed by atoms with Crippen molar-refractivity contribution < 1.29 is 23.1 Å². The number of anilines is 1. The molecule has 0 saturated carbocycles. The molecule has 0 bridgehead atoms. The Morgan fingerprint density at radius 1 is 1.24 bits per heavy atom. The molecule has 3 rings (SSSR count). The van der Waals surface area contributed by atoms with E-state index in [1.54, 1.807) is 4.68 Å². The van der Waals surface area contributed by atoms with E-state index in [1.165, 1.54) is 0 Å². The molecule has 2 N–H and O–H groups in total. The molecule has 29 heavy (non-hydrogen) atoms. The van der Waals surface area contributed by atoms with Gasteiger partial charge in [0, 0.05) is 24.6 Å². The molecule has 0 spiro atoms. The molecule has 2 aliphatic heterocycles. The van der Waals surface area contributed by atoms with Crippen LogP contribution in [0.1, 0.15) is 44.4 Å². The largest absolute Gasteiger partial charge is 0.483 e. The fourth-order valence-corrected chi connectivity index (χ4v) is 6.01. The summed E-state index contributed by atoms with van der Waals surface area (Å²) < 4.78 is 25.1. The fraction of sp³-hybridized carbons (Fsp3) is 0.737. The first kappa shape index (κ1) is 23.3. The van der Waals surface area contributed by atoms with Crippen LogP contribution in [0.15, 0.2) is 0 Å². The van der Waals surface area contributed by atoms with Crippen molar-refractivity contribution in [1.82, 2.24) is 14.7 Å². The van der Waals surface area contributed by atoms with Gasteiger partial charge in [-0.25, -0.2) is 8.42 Å². The summed E-state index contributed by atoms with van der Waals surface area (Å²) in [5, 5.41) is 14.5. The number of carboxylic acid groups (broad SMARTS) is 1. The van der Waals surface area contributed by atoms with Crippen molar-refractivity contribution in [2.75, 3.05) is 29.9 Å². The number of nitrogens with one attached hydrogen (secondary N) is 1. The van der Waals surface area contributed by atoms with Gasteiger partial charge in [-0.05, 0) is 45.2 Å². The number of carbonyl (C=O) groups is 2. The molecule has 1 aromatic heterocycles. The van der Waals surface area contributed by atoms with Crippen molar-refractivity contribution >= 4 is 28.0 Å². The van der Waals surface area contributed by atoms with E-state index >= 15 is 0 Å². The lowest BCUT2D eigenvalue weighted by molar-refractivity contribution is -0.123. The number of sulfone groups is 1. The van der Waals surface area contributed by atoms with Crippen molar-refractivity contribution in [3.63, 3.8) is 0 Å². The maximum absolute atomic E-state index is 12.7. The third kappa shape index (κ3) is 5.79. The molecule has 2 aliphatic rings. The Bertz CT molecular complexity index is 813. The minimum Gasteiger partial charge on any atom is -0.483 e. The molecule has 2 saturated heterocycles. The highest BCUT2D eigenvalue weighted by molar-refractivity contribution is 7.91. The zero-order valence-electron chi connectivity index (χ0n) is 17.4. The Kier molecular flexibility index (Phi) is 8.21. The molecule has 1 amide bonds. The van der Waals surface area contributed by atoms with Gasteiger partial charge in [0.15, 0.2) is 9.84 Å². The molecular weight excluding hydrogens is 396 g/mol. The van der Waals surface area contributed by atoms with Crippen molar-refractivity contribution in [3.8, 4) is 0 Å². The van der Waals surface area contributed by atoms with Gasteiger partial charge in [0.2, 0.25) is 5.91 Å². The highest BCUT2D eigenvalue weighted by atomic mass is 32.2. The minimum absolute atomic E-state index is 0.0195. The van der Waals surface area contributed by atoms with Crippen LogP contribution in [0.5, 0.6) is 0 Å². The van der Waals surface area contributed by atoms with E-state index < -0.39 is 9.84 Å². The maximum atomic E-state index is 12.7. The van der Waals surface area contributed by atoms with E-state index in [-0.39, 0.29) is 30.1 Å². The van der Waals surface area contributed by atoms with E-state index in [2.05, 4.69) is 29.2 Å². The maximum Gasteiger partial charge on any atom is 0.290 e. The number of hydrogen-bond donors (Lipinski definition) is 2. The normalized spacial score (nSPS) is 22.0. The van der Waals surface area contributed by atoms with Crippen molar-refractivity contribution in [3.05, 3.63) is 11.3 Å². The second-order valence-corrected chi connectivity index (χ2v) is 9.80. The third-order valence-electron chi connectivity index (χ3n) is 5.78. The summed E-state index contributed by atoms with van der Waals surface area (Å²) in [5.41, 5.74) is 2.17. The summed E-state index contributed by atoms with van der Waals surface area (Å²) in [5.74, 6) is 1.44. The predicted octanol–water partition coefficient (Wildman–Crippen LogP) is 1.08. The highest BCUT2D eigenvalue weighted by Gasteiger charge is 2.35. The lowest BCUT2D eigenvalue weighted by Gasteiger charge is -2.34. The van der Waals surface area contributed by atoms with Crippen LogP contribution in [-0.2, 0) is 39.3 Å². The number of aromatic nitrogens is 2. The second kappa shape index (κ2) is 10.2. The number of hydrogen-bond acceptors (Lipinski definition) is 6. The van der Waals surface area contributed by atoms with E-state index in [1.807, 2.05) is 7.05 Å². The Labute approximate surface area is 172 Å². The number of amides is 1. The Balaban J connectivity index is 0.000000941. The number of rotatable bonds is 5. The third-order valence-corrected chi connectivity index (χ3v) is 7.53. The van der Waals surface area contributed by atoms with Crippen LogP contribution in [0.3, 0.4) is 0 Å². The minimum atomic E-state index is -2.86. The van der Waals surface area contributed by atoms with Gasteiger partial charge in [-0.15, -0.1) is 0 Å². The molecule has 9 nitrogen and oxygen atoms in total. The number of nitrogens with zero attached hydrogens (tertiary/aromatic N) is 3. The molecular formula is C19H32N4O5S. The Morgan fingerprint density at radius 3 is 2.34 bits per heavy atom. The predicted molar refractivity (Wildman–Crippen MR) is 111 cm³/mol. The number of carbonyl (C=O) groups excluding carboxylic acids is 1. The monoisotopic (exact) mass is 428 g/mol. The van der Waals surface area contributed by atoms with Gasteiger partial charge in [0.1, 0.15) is 5.82 Å². The van der Waals surface area contributed by atoms with Crippen LogP contribution >= 0.6 is 0 Å². The van der Waals surface area contributed by atoms with Crippen molar-refractivity contribution in [2.45, 2.75) is 52.0 Å². The summed E-state index contributed by atoms with van der Waals surface area (Å²) in [6, 6.07) is 0.139. The molecule has 1 aromatic rings. The van der Waals surface area contributed by atoms with Crippen molar-refractivity contribution in [1.29, 1.82) is 0 Å². The number of piperidine rings is 1. The van der Waals surface area contributed by atoms with Crippen LogP contribution in [0, 0.1) is 5.92 Å². The molecule has 1 unspecified atom stereocenters. The average molecular weight is 429 g/mol. The van der Waals surface area contributed by atoms with Crippen molar-refractivity contribution in [2.24, 2.45) is 13.0 Å². The average Bonchev–Trinajstić information content (AvgIpc) is 3.21. The molecule has 2 fully saturated rings. The van der Waals surface area contributed by atoms with Crippen LogP contribution in [0.4, 0.5) is 5.82 Å². The molecule has 3 heterocycles. The van der Waals surface area contributed by atoms with Gasteiger partial charge in [0.25, 0.3) is 6.47 Å². The standard InChI is InChI=1S/C18H30N4O3S.CH2O2/c1-4-15-16(5-2)20-21(3)17(15)19-18(23)13-6-9-22(10-7-13)14-8-11-26(24,25)12-14;2-1-3/h13-14H,4-12H2,1-3H3,(H,19,23);1H,(H,2,3). The molecule has 0 radical (unpaired) electrons. The number of likely N-dealkylation sites (tertiary alicyclic amines) is 1. The van der Waals surface area contributed by atoms with Gasteiger partial charge in [-0.2, -0.15) is 5.10 Å². The van der Waals surface area contributed by atoms with Gasteiger partial charge >= 0.3 is 0 Å². The summed E-state index contributed by atoms with van der Waals surface area (Å²) in [7, 11) is -0.987. The van der Waals surface area contributed by atoms with Crippen LogP contribution < -0.4 is 5.32 Å². The van der Waals surface area contributed by atoms with Gasteiger partial charge in [-0.1, -0.05) is 13.8 Å². The van der Waals surface area contributed by atoms with Gasteiger partial charge in [-0.3, -0.25) is 19.2 Å². The molecule has 1 atom stereocenters. The summed E-state index contributed by atoms with van der Waals surface area (Å²) in [6.07, 6.45) is 4.00. The highest BCUT2D eigenvalue weighted by Crippen LogP contribution is 2.27. The first-order valence-electron chi connectivity index (χ1n) is 10.1. The Hall–Kier alpha value is -1.94. The van der Waals surface area contributed by atoms with E-state index in [4.69, 9.17) is 9.90 Å². The summed E-state index contributed by atoms with van der Waals surface area (Å²) in [4.78, 5) is 23.4. The quantitative estimate of drug-likeness (QED) is 0.673. The second-order valence-electron chi connectivity index (χ2n) is 7.57. The van der Waals surface area contributed by atoms with Gasteiger partial charge < -0.3 is 10.4 Å². The Morgan fingerprint density at radius 2 is 1.86 bits per heavy atom. The molecule has 0 aliphatic carbocycles. The lowest BCUT2D eigenvalue weighted by atomic mass is 9.94. The molecule has 0 aromatic carbocycles. The van der Waals surface area contributed by atoms with E-state index in [0.717, 1.165) is 62.3 Å². The zero-order chi connectivity index (χ0) is 21.6. The number of aryl methyl sites for hydroxylation is 2. The van der Waals surface area contributed by atoms with E-state index in [9.17, 15) is 13.2 Å². The zero-order valence-corrected chi connectivity index (χ0v) is 18.2. The smallest absolute Gasteiger partial charge is 0.290 e. The van der Waals surface area contributed by atoms with E-state index in [0.29, 0.717) is 5.75 Å². The molecule has 10 heteroatoms. The summed E-state index contributed by atoms with van der Waals surface area (Å²) in [6.45, 7) is 5.50. The topological polar surface area (TPSA) is 122 Å². The first-order valence-corrected chi connectivity index (χ1v) is 12.0. The van der Waals surface area contributed by atoms with Crippen LogP contribution in [0.2, 0.25) is 0 Å². The summed E-state index contributed by atoms with van der Waals surface area (Å²) >= 11 is 0. The van der Waals surface area contributed by atoms with Gasteiger partial charge in [0.05, 0.1) is 17.2 Å². The van der Waals surface area contributed by atoms with Crippen LogP contribution in [0.25, 0.3) is 0 Å².